The number of fused-ring (bicyclic) bond motifs is 1. The molecular formula is C12H12N4O2. The minimum atomic E-state index is -0.460. The van der Waals surface area contributed by atoms with E-state index in [-0.39, 0.29) is 0 Å². The Morgan fingerprint density at radius 2 is 2.22 bits per heavy atom. The molecule has 0 amide bonds. The number of hydrogen-bond acceptors (Lipinski definition) is 4. The molecule has 0 saturated carbocycles. The van der Waals surface area contributed by atoms with Crippen LogP contribution in [0.15, 0.2) is 27.4 Å². The molecule has 0 saturated heterocycles. The second-order valence-corrected chi connectivity index (χ2v) is 4.19. The number of anilines is 1. The molecule has 3 rings (SSSR count). The van der Waals surface area contributed by atoms with Crippen LogP contribution in [0.1, 0.15) is 5.69 Å². The van der Waals surface area contributed by atoms with Gasteiger partial charge in [0, 0.05) is 18.3 Å². The Balaban J connectivity index is 2.28. The van der Waals surface area contributed by atoms with Gasteiger partial charge in [0.2, 0.25) is 0 Å². The van der Waals surface area contributed by atoms with Gasteiger partial charge in [-0.05, 0) is 24.6 Å². The van der Waals surface area contributed by atoms with Gasteiger partial charge >= 0.3 is 5.76 Å². The van der Waals surface area contributed by atoms with Crippen LogP contribution < -0.4 is 11.5 Å². The summed E-state index contributed by atoms with van der Waals surface area (Å²) >= 11 is 0. The minimum absolute atomic E-state index is 0.460. The van der Waals surface area contributed by atoms with Gasteiger partial charge in [-0.15, -0.1) is 0 Å². The van der Waals surface area contributed by atoms with Crippen LogP contribution in [0, 0.1) is 6.92 Å². The van der Waals surface area contributed by atoms with E-state index in [1.807, 2.05) is 20.0 Å². The standard InChI is InChI=1S/C12H12N4O2/c1-6-10(11(13)15-16(6)2)7-3-4-8-9(5-7)18-12(17)14-8/h3-5H,1-2H3,(H2,13,15)(H,14,17). The third-order valence-electron chi connectivity index (χ3n) is 3.07. The van der Waals surface area contributed by atoms with Gasteiger partial charge in [-0.1, -0.05) is 6.07 Å². The zero-order valence-electron chi connectivity index (χ0n) is 10.0. The zero-order chi connectivity index (χ0) is 12.9. The minimum Gasteiger partial charge on any atom is -0.408 e. The summed E-state index contributed by atoms with van der Waals surface area (Å²) in [5.41, 5.74) is 9.79. The van der Waals surface area contributed by atoms with Gasteiger partial charge in [0.1, 0.15) is 0 Å². The van der Waals surface area contributed by atoms with Crippen molar-refractivity contribution in [1.29, 1.82) is 0 Å². The maximum atomic E-state index is 11.1. The molecule has 0 aliphatic carbocycles. The van der Waals surface area contributed by atoms with Gasteiger partial charge < -0.3 is 10.2 Å². The normalized spacial score (nSPS) is 11.2. The number of rotatable bonds is 1. The van der Waals surface area contributed by atoms with E-state index >= 15 is 0 Å². The van der Waals surface area contributed by atoms with Crippen LogP contribution in [-0.4, -0.2) is 14.8 Å². The predicted molar refractivity (Wildman–Crippen MR) is 68.2 cm³/mol. The summed E-state index contributed by atoms with van der Waals surface area (Å²) in [7, 11) is 1.84. The van der Waals surface area contributed by atoms with Crippen LogP contribution in [0.2, 0.25) is 0 Å². The molecule has 0 radical (unpaired) electrons. The molecular weight excluding hydrogens is 232 g/mol. The summed E-state index contributed by atoms with van der Waals surface area (Å²) in [5.74, 6) is 0.00487. The Morgan fingerprint density at radius 1 is 1.44 bits per heavy atom. The molecule has 18 heavy (non-hydrogen) atoms. The summed E-state index contributed by atoms with van der Waals surface area (Å²) in [6.45, 7) is 1.94. The molecule has 6 nitrogen and oxygen atoms in total. The topological polar surface area (TPSA) is 89.8 Å². The summed E-state index contributed by atoms with van der Waals surface area (Å²) in [4.78, 5) is 13.7. The Bertz CT molecular complexity index is 794. The van der Waals surface area contributed by atoms with Crippen LogP contribution in [0.5, 0.6) is 0 Å². The molecule has 2 heterocycles. The molecule has 2 aromatic heterocycles. The number of nitrogens with one attached hydrogen (secondary N) is 1. The molecule has 92 valence electrons. The summed E-state index contributed by atoms with van der Waals surface area (Å²) in [6.07, 6.45) is 0. The van der Waals surface area contributed by atoms with Gasteiger partial charge in [-0.2, -0.15) is 5.10 Å². The molecule has 1 aromatic carbocycles. The van der Waals surface area contributed by atoms with Crippen LogP contribution >= 0.6 is 0 Å². The van der Waals surface area contributed by atoms with Crippen molar-refractivity contribution in [1.82, 2.24) is 14.8 Å². The van der Waals surface area contributed by atoms with Crippen molar-refractivity contribution >= 4 is 16.9 Å². The first kappa shape index (κ1) is 10.6. The fourth-order valence-corrected chi connectivity index (χ4v) is 2.09. The van der Waals surface area contributed by atoms with E-state index in [9.17, 15) is 4.79 Å². The van der Waals surface area contributed by atoms with Gasteiger partial charge in [0.15, 0.2) is 11.4 Å². The second kappa shape index (κ2) is 3.49. The monoisotopic (exact) mass is 244 g/mol. The number of aromatic amines is 1. The number of nitrogens with zero attached hydrogens (tertiary/aromatic N) is 2. The molecule has 0 aliphatic heterocycles. The molecule has 0 spiro atoms. The number of oxazole rings is 1. The Morgan fingerprint density at radius 3 is 2.89 bits per heavy atom. The molecule has 0 bridgehead atoms. The number of H-pyrrole nitrogens is 1. The van der Waals surface area contributed by atoms with E-state index in [0.717, 1.165) is 16.8 Å². The first-order chi connectivity index (χ1) is 8.56. The van der Waals surface area contributed by atoms with Crippen molar-refractivity contribution in [2.45, 2.75) is 6.92 Å². The van der Waals surface area contributed by atoms with E-state index < -0.39 is 5.76 Å². The van der Waals surface area contributed by atoms with E-state index in [0.29, 0.717) is 16.9 Å². The molecule has 0 fully saturated rings. The highest BCUT2D eigenvalue weighted by molar-refractivity contribution is 5.84. The van der Waals surface area contributed by atoms with Gasteiger partial charge in [0.05, 0.1) is 5.52 Å². The van der Waals surface area contributed by atoms with Crippen LogP contribution in [0.4, 0.5) is 5.82 Å². The predicted octanol–water partition coefficient (Wildman–Crippen LogP) is 1.41. The third kappa shape index (κ3) is 1.42. The summed E-state index contributed by atoms with van der Waals surface area (Å²) < 4.78 is 6.76. The number of aromatic nitrogens is 3. The molecule has 3 N–H and O–H groups in total. The lowest BCUT2D eigenvalue weighted by molar-refractivity contribution is 0.555. The smallest absolute Gasteiger partial charge is 0.408 e. The number of hydrogen-bond donors (Lipinski definition) is 2. The highest BCUT2D eigenvalue weighted by atomic mass is 16.4. The lowest BCUT2D eigenvalue weighted by atomic mass is 10.1. The van der Waals surface area contributed by atoms with E-state index in [1.165, 1.54) is 0 Å². The SMILES string of the molecule is Cc1c(-c2ccc3[nH]c(=O)oc3c2)c(N)nn1C. The molecule has 6 heteroatoms. The van der Waals surface area contributed by atoms with E-state index in [4.69, 9.17) is 10.2 Å². The Labute approximate surface area is 102 Å². The number of aryl methyl sites for hydroxylation is 1. The average molecular weight is 244 g/mol. The van der Waals surface area contributed by atoms with Gasteiger partial charge in [-0.3, -0.25) is 9.67 Å². The number of benzene rings is 1. The highest BCUT2D eigenvalue weighted by Gasteiger charge is 2.13. The summed E-state index contributed by atoms with van der Waals surface area (Å²) in [5, 5.41) is 4.17. The maximum Gasteiger partial charge on any atom is 0.417 e. The maximum absolute atomic E-state index is 11.1. The Kier molecular flexibility index (Phi) is 2.07. The number of nitrogens with two attached hydrogens (primary N) is 1. The fraction of sp³-hybridized carbons (Fsp3) is 0.167. The molecule has 0 unspecified atom stereocenters. The third-order valence-corrected chi connectivity index (χ3v) is 3.07. The van der Waals surface area contributed by atoms with Gasteiger partial charge in [-0.25, -0.2) is 4.79 Å². The van der Waals surface area contributed by atoms with Crippen molar-refractivity contribution in [3.8, 4) is 11.1 Å². The van der Waals surface area contributed by atoms with Gasteiger partial charge in [0.25, 0.3) is 0 Å². The van der Waals surface area contributed by atoms with E-state index in [1.54, 1.807) is 16.8 Å². The van der Waals surface area contributed by atoms with Crippen LogP contribution in [0.25, 0.3) is 22.2 Å². The first-order valence-electron chi connectivity index (χ1n) is 5.48. The molecule has 0 atom stereocenters. The zero-order valence-corrected chi connectivity index (χ0v) is 10.0. The van der Waals surface area contributed by atoms with Crippen molar-refractivity contribution in [2.75, 3.05) is 5.73 Å². The average Bonchev–Trinajstić information content (AvgIpc) is 2.78. The van der Waals surface area contributed by atoms with Crippen molar-refractivity contribution in [2.24, 2.45) is 7.05 Å². The molecule has 0 aliphatic rings. The fourth-order valence-electron chi connectivity index (χ4n) is 2.09. The van der Waals surface area contributed by atoms with Crippen molar-refractivity contribution < 1.29 is 4.42 Å². The van der Waals surface area contributed by atoms with Crippen molar-refractivity contribution in [3.05, 3.63) is 34.4 Å². The van der Waals surface area contributed by atoms with Crippen LogP contribution in [0.3, 0.4) is 0 Å². The Hall–Kier alpha value is -2.50. The second-order valence-electron chi connectivity index (χ2n) is 4.19. The van der Waals surface area contributed by atoms with Crippen LogP contribution in [-0.2, 0) is 7.05 Å². The van der Waals surface area contributed by atoms with E-state index in [2.05, 4.69) is 10.1 Å². The first-order valence-corrected chi connectivity index (χ1v) is 5.48. The largest absolute Gasteiger partial charge is 0.417 e. The lowest BCUT2D eigenvalue weighted by Crippen LogP contribution is -1.93. The number of nitrogen functional groups attached to an aromatic ring is 1. The quantitative estimate of drug-likeness (QED) is 0.677. The van der Waals surface area contributed by atoms with Crippen molar-refractivity contribution in [3.63, 3.8) is 0 Å². The highest BCUT2D eigenvalue weighted by Crippen LogP contribution is 2.30. The lowest BCUT2D eigenvalue weighted by Gasteiger charge is -2.01. The summed E-state index contributed by atoms with van der Waals surface area (Å²) in [6, 6.07) is 5.46. The molecule has 3 aromatic rings.